The van der Waals surface area contributed by atoms with Gasteiger partial charge in [-0.2, -0.15) is 5.26 Å². The predicted octanol–water partition coefficient (Wildman–Crippen LogP) is 7.28. The maximum Gasteiger partial charge on any atom is 0.205 e. The quantitative estimate of drug-likeness (QED) is 0.246. The van der Waals surface area contributed by atoms with Gasteiger partial charge in [0.25, 0.3) is 0 Å². The number of ether oxygens (including phenoxy) is 3. The smallest absolute Gasteiger partial charge is 0.205 e. The molecule has 38 heavy (non-hydrogen) atoms. The van der Waals surface area contributed by atoms with Crippen molar-refractivity contribution in [2.24, 2.45) is 5.73 Å². The zero-order chi connectivity index (χ0) is 25.9. The van der Waals surface area contributed by atoms with E-state index in [0.29, 0.717) is 36.0 Å². The molecule has 6 heteroatoms. The van der Waals surface area contributed by atoms with Crippen molar-refractivity contribution >= 4 is 21.4 Å². The Kier molecular flexibility index (Phi) is 6.43. The van der Waals surface area contributed by atoms with Crippen molar-refractivity contribution in [1.82, 2.24) is 0 Å². The van der Waals surface area contributed by atoms with Crippen molar-refractivity contribution < 1.29 is 14.2 Å². The summed E-state index contributed by atoms with van der Waals surface area (Å²) < 4.78 is 19.6. The molecular formula is C32H24N2O3S. The molecule has 4 aromatic carbocycles. The molecule has 5 nitrogen and oxygen atoms in total. The van der Waals surface area contributed by atoms with E-state index in [4.69, 9.17) is 19.9 Å². The molecular weight excluding hydrogens is 492 g/mol. The first-order valence-corrected chi connectivity index (χ1v) is 13.1. The predicted molar refractivity (Wildman–Crippen MR) is 149 cm³/mol. The third-order valence-electron chi connectivity index (χ3n) is 6.50. The molecule has 2 heterocycles. The van der Waals surface area contributed by atoms with E-state index in [0.717, 1.165) is 31.7 Å². The van der Waals surface area contributed by atoms with E-state index in [-0.39, 0.29) is 11.8 Å². The number of nitriles is 1. The Hall–Kier alpha value is -4.73. The van der Waals surface area contributed by atoms with E-state index in [2.05, 4.69) is 12.1 Å². The number of nitrogens with two attached hydrogens (primary N) is 1. The molecule has 0 aliphatic carbocycles. The minimum Gasteiger partial charge on any atom is -0.485 e. The SMILES string of the molecule is N#CC1=C(N)Oc2c(sc3ccccc23)[C@H]1c1ccc(OCc2ccccc2)c(OCc2ccccc2)c1. The van der Waals surface area contributed by atoms with Gasteiger partial charge in [0, 0.05) is 10.1 Å². The normalized spacial score (nSPS) is 14.4. The molecule has 0 fully saturated rings. The highest BCUT2D eigenvalue weighted by atomic mass is 32.1. The number of fused-ring (bicyclic) bond motifs is 3. The van der Waals surface area contributed by atoms with Gasteiger partial charge < -0.3 is 19.9 Å². The van der Waals surface area contributed by atoms with Crippen LogP contribution >= 0.6 is 11.3 Å². The summed E-state index contributed by atoms with van der Waals surface area (Å²) in [5.41, 5.74) is 9.66. The Labute approximate surface area is 224 Å². The van der Waals surface area contributed by atoms with Crippen LogP contribution in [0.1, 0.15) is 27.5 Å². The number of rotatable bonds is 7. The van der Waals surface area contributed by atoms with Crippen molar-refractivity contribution in [3.63, 3.8) is 0 Å². The molecule has 1 atom stereocenters. The lowest BCUT2D eigenvalue weighted by Gasteiger charge is -2.24. The average Bonchev–Trinajstić information content (AvgIpc) is 3.33. The molecule has 0 spiro atoms. The first-order chi connectivity index (χ1) is 18.7. The van der Waals surface area contributed by atoms with Crippen molar-refractivity contribution in [3.8, 4) is 23.3 Å². The second-order valence-electron chi connectivity index (χ2n) is 8.97. The molecule has 5 aromatic rings. The highest BCUT2D eigenvalue weighted by molar-refractivity contribution is 7.19. The highest BCUT2D eigenvalue weighted by Crippen LogP contribution is 2.51. The molecule has 186 valence electrons. The highest BCUT2D eigenvalue weighted by Gasteiger charge is 2.34. The standard InChI is InChI=1S/C32H24N2O3S/c33-18-25-29(31-30(37-32(25)34)24-13-7-8-14-28(24)38-31)23-15-16-26(35-19-21-9-3-1-4-10-21)27(17-23)36-20-22-11-5-2-6-12-22/h1-17,29H,19-20,34H2/t29-/m0/s1. The van der Waals surface area contributed by atoms with E-state index < -0.39 is 0 Å². The second-order valence-corrected chi connectivity index (χ2v) is 10.1. The van der Waals surface area contributed by atoms with Gasteiger partial charge in [0.1, 0.15) is 24.9 Å². The van der Waals surface area contributed by atoms with Gasteiger partial charge in [-0.15, -0.1) is 11.3 Å². The largest absolute Gasteiger partial charge is 0.485 e. The van der Waals surface area contributed by atoms with Gasteiger partial charge in [-0.1, -0.05) is 78.9 Å². The monoisotopic (exact) mass is 516 g/mol. The summed E-state index contributed by atoms with van der Waals surface area (Å²) in [5, 5.41) is 11.0. The van der Waals surface area contributed by atoms with Crippen molar-refractivity contribution in [3.05, 3.63) is 136 Å². The fraction of sp³-hybridized carbons (Fsp3) is 0.0938. The summed E-state index contributed by atoms with van der Waals surface area (Å²) in [7, 11) is 0. The zero-order valence-corrected chi connectivity index (χ0v) is 21.3. The summed E-state index contributed by atoms with van der Waals surface area (Å²) in [6.07, 6.45) is 0. The summed E-state index contributed by atoms with van der Waals surface area (Å²) in [6.45, 7) is 0.799. The van der Waals surface area contributed by atoms with Crippen molar-refractivity contribution in [2.45, 2.75) is 19.1 Å². The van der Waals surface area contributed by atoms with Crippen LogP contribution in [0, 0.1) is 11.3 Å². The Morgan fingerprint density at radius 1 is 0.789 bits per heavy atom. The van der Waals surface area contributed by atoms with Crippen molar-refractivity contribution in [2.75, 3.05) is 0 Å². The fourth-order valence-electron chi connectivity index (χ4n) is 4.62. The maximum atomic E-state index is 10.1. The number of hydrogen-bond donors (Lipinski definition) is 1. The van der Waals surface area contributed by atoms with Crippen LogP contribution in [0.2, 0.25) is 0 Å². The Morgan fingerprint density at radius 3 is 2.11 bits per heavy atom. The van der Waals surface area contributed by atoms with Crippen LogP contribution in [0.5, 0.6) is 17.2 Å². The number of benzene rings is 4. The van der Waals surface area contributed by atoms with Gasteiger partial charge in [-0.3, -0.25) is 0 Å². The van der Waals surface area contributed by atoms with Gasteiger partial charge in [-0.25, -0.2) is 0 Å². The zero-order valence-electron chi connectivity index (χ0n) is 20.5. The first kappa shape index (κ1) is 23.7. The molecule has 0 saturated carbocycles. The Balaban J connectivity index is 1.40. The lowest BCUT2D eigenvalue weighted by Crippen LogP contribution is -2.19. The summed E-state index contributed by atoms with van der Waals surface area (Å²) >= 11 is 1.61. The fourth-order valence-corrected chi connectivity index (χ4v) is 5.89. The van der Waals surface area contributed by atoms with Crippen LogP contribution in [0.4, 0.5) is 0 Å². The minimum atomic E-state index is -0.372. The Bertz CT molecular complexity index is 1670. The summed E-state index contributed by atoms with van der Waals surface area (Å²) in [4.78, 5) is 0.948. The van der Waals surface area contributed by atoms with Gasteiger partial charge in [0.15, 0.2) is 17.2 Å². The van der Waals surface area contributed by atoms with E-state index in [9.17, 15) is 5.26 Å². The first-order valence-electron chi connectivity index (χ1n) is 12.3. The number of thiophene rings is 1. The topological polar surface area (TPSA) is 77.5 Å². The van der Waals surface area contributed by atoms with E-state index in [1.54, 1.807) is 11.3 Å². The van der Waals surface area contributed by atoms with E-state index in [1.807, 2.05) is 97.1 Å². The van der Waals surface area contributed by atoms with Crippen LogP contribution in [-0.4, -0.2) is 0 Å². The summed E-state index contributed by atoms with van der Waals surface area (Å²) in [6, 6.07) is 36.2. The van der Waals surface area contributed by atoms with Crippen LogP contribution in [-0.2, 0) is 13.2 Å². The lowest BCUT2D eigenvalue weighted by molar-refractivity contribution is 0.255. The lowest BCUT2D eigenvalue weighted by atomic mass is 9.88. The van der Waals surface area contributed by atoms with Gasteiger partial charge in [-0.05, 0) is 41.0 Å². The molecule has 0 bridgehead atoms. The molecule has 2 N–H and O–H groups in total. The molecule has 1 aliphatic heterocycles. The maximum absolute atomic E-state index is 10.1. The van der Waals surface area contributed by atoms with Crippen LogP contribution in [0.3, 0.4) is 0 Å². The van der Waals surface area contributed by atoms with Crippen LogP contribution in [0.15, 0.2) is 115 Å². The van der Waals surface area contributed by atoms with Gasteiger partial charge >= 0.3 is 0 Å². The van der Waals surface area contributed by atoms with Gasteiger partial charge in [0.2, 0.25) is 5.88 Å². The summed E-state index contributed by atoms with van der Waals surface area (Å²) in [5.74, 6) is 1.70. The molecule has 6 rings (SSSR count). The third-order valence-corrected chi connectivity index (χ3v) is 7.72. The van der Waals surface area contributed by atoms with E-state index in [1.165, 1.54) is 0 Å². The Morgan fingerprint density at radius 2 is 1.42 bits per heavy atom. The molecule has 0 saturated heterocycles. The van der Waals surface area contributed by atoms with Crippen molar-refractivity contribution in [1.29, 1.82) is 5.26 Å². The molecule has 1 aliphatic rings. The second kappa shape index (κ2) is 10.3. The molecule has 0 radical (unpaired) electrons. The van der Waals surface area contributed by atoms with Crippen LogP contribution < -0.4 is 19.9 Å². The number of hydrogen-bond acceptors (Lipinski definition) is 6. The van der Waals surface area contributed by atoms with Crippen LogP contribution in [0.25, 0.3) is 10.1 Å². The number of allylic oxidation sites excluding steroid dienone is 1. The molecule has 1 aromatic heterocycles. The van der Waals surface area contributed by atoms with Gasteiger partial charge in [0.05, 0.1) is 10.8 Å². The molecule has 0 unspecified atom stereocenters. The number of nitrogens with zero attached hydrogens (tertiary/aromatic N) is 1. The van der Waals surface area contributed by atoms with E-state index >= 15 is 0 Å². The average molecular weight is 517 g/mol. The third kappa shape index (κ3) is 4.56. The minimum absolute atomic E-state index is 0.129. The molecule has 0 amide bonds.